The number of ether oxygens (including phenoxy) is 3. The van der Waals surface area contributed by atoms with E-state index in [1.54, 1.807) is 18.5 Å². The Bertz CT molecular complexity index is 1500. The van der Waals surface area contributed by atoms with Crippen LogP contribution in [0.5, 0.6) is 11.5 Å². The SMILES string of the molecule is N#Cc1cnc2cc(OCCN3CCCCC3)cc(OC3CCCCO3)c2c1Nc1cc(Cl)cc2occc12. The minimum atomic E-state index is -0.379. The quantitative estimate of drug-likeness (QED) is 0.252. The molecule has 202 valence electrons. The van der Waals surface area contributed by atoms with Crippen LogP contribution in [0.15, 0.2) is 47.2 Å². The Morgan fingerprint density at radius 3 is 2.85 bits per heavy atom. The molecular weight excluding hydrogens is 516 g/mol. The van der Waals surface area contributed by atoms with Gasteiger partial charge in [-0.15, -0.1) is 0 Å². The van der Waals surface area contributed by atoms with E-state index in [1.165, 1.54) is 19.3 Å². The summed E-state index contributed by atoms with van der Waals surface area (Å²) in [5.41, 5.74) is 2.99. The number of nitrogens with zero attached hydrogens (tertiary/aromatic N) is 3. The Morgan fingerprint density at radius 1 is 1.13 bits per heavy atom. The van der Waals surface area contributed by atoms with E-state index in [4.69, 9.17) is 30.2 Å². The smallest absolute Gasteiger partial charge is 0.199 e. The largest absolute Gasteiger partial charge is 0.492 e. The third kappa shape index (κ3) is 5.76. The molecule has 1 N–H and O–H groups in total. The van der Waals surface area contributed by atoms with Crippen LogP contribution in [0.25, 0.3) is 21.9 Å². The molecule has 0 bridgehead atoms. The van der Waals surface area contributed by atoms with Crippen molar-refractivity contribution >= 4 is 44.8 Å². The molecule has 0 aliphatic carbocycles. The van der Waals surface area contributed by atoms with Crippen LogP contribution in [0.1, 0.15) is 44.1 Å². The number of halogens is 1. The number of pyridine rings is 1. The summed E-state index contributed by atoms with van der Waals surface area (Å²) in [6.07, 6.45) is 9.44. The molecule has 1 atom stereocenters. The molecule has 4 heterocycles. The average Bonchev–Trinajstić information content (AvgIpc) is 3.43. The summed E-state index contributed by atoms with van der Waals surface area (Å²) in [5, 5.41) is 15.5. The number of hydrogen-bond acceptors (Lipinski definition) is 8. The highest BCUT2D eigenvalue weighted by atomic mass is 35.5. The van der Waals surface area contributed by atoms with Gasteiger partial charge in [-0.3, -0.25) is 9.88 Å². The van der Waals surface area contributed by atoms with E-state index in [0.717, 1.165) is 50.0 Å². The molecule has 0 amide bonds. The molecule has 4 aromatic rings. The van der Waals surface area contributed by atoms with Gasteiger partial charge in [0.05, 0.1) is 40.7 Å². The lowest BCUT2D eigenvalue weighted by Crippen LogP contribution is -2.33. The Morgan fingerprint density at radius 2 is 2.03 bits per heavy atom. The molecule has 8 nitrogen and oxygen atoms in total. The summed E-state index contributed by atoms with van der Waals surface area (Å²) in [6.45, 7) is 4.35. The number of nitrogens with one attached hydrogen (secondary N) is 1. The highest BCUT2D eigenvalue weighted by Gasteiger charge is 2.22. The van der Waals surface area contributed by atoms with Crippen molar-refractivity contribution in [3.63, 3.8) is 0 Å². The van der Waals surface area contributed by atoms with Crippen LogP contribution in [-0.2, 0) is 4.74 Å². The van der Waals surface area contributed by atoms with Crippen LogP contribution >= 0.6 is 11.6 Å². The Hall–Kier alpha value is -3.51. The second-order valence-electron chi connectivity index (χ2n) is 10.0. The monoisotopic (exact) mass is 546 g/mol. The van der Waals surface area contributed by atoms with Gasteiger partial charge in [-0.25, -0.2) is 0 Å². The fraction of sp³-hybridized carbons (Fsp3) is 0.400. The van der Waals surface area contributed by atoms with Gasteiger partial charge < -0.3 is 23.9 Å². The van der Waals surface area contributed by atoms with Gasteiger partial charge in [-0.2, -0.15) is 5.26 Å². The molecule has 1 unspecified atom stereocenters. The predicted octanol–water partition coefficient (Wildman–Crippen LogP) is 7.02. The summed E-state index contributed by atoms with van der Waals surface area (Å²) >= 11 is 6.39. The molecule has 2 aliphatic heterocycles. The third-order valence-corrected chi connectivity index (χ3v) is 7.56. The van der Waals surface area contributed by atoms with Gasteiger partial charge in [0.2, 0.25) is 0 Å². The van der Waals surface area contributed by atoms with Crippen LogP contribution in [-0.4, -0.2) is 49.0 Å². The second-order valence-corrected chi connectivity index (χ2v) is 10.5. The lowest BCUT2D eigenvalue weighted by atomic mass is 10.1. The minimum absolute atomic E-state index is 0.379. The van der Waals surface area contributed by atoms with E-state index in [2.05, 4.69) is 21.3 Å². The van der Waals surface area contributed by atoms with Gasteiger partial charge in [0.1, 0.15) is 29.8 Å². The molecule has 0 spiro atoms. The summed E-state index contributed by atoms with van der Waals surface area (Å²) in [5.74, 6) is 1.23. The summed E-state index contributed by atoms with van der Waals surface area (Å²) < 4.78 is 24.1. The van der Waals surface area contributed by atoms with Gasteiger partial charge in [0.25, 0.3) is 0 Å². The minimum Gasteiger partial charge on any atom is -0.492 e. The fourth-order valence-corrected chi connectivity index (χ4v) is 5.56. The van der Waals surface area contributed by atoms with Crippen molar-refractivity contribution in [2.45, 2.75) is 44.8 Å². The van der Waals surface area contributed by atoms with Gasteiger partial charge in [-0.05, 0) is 50.9 Å². The number of aromatic nitrogens is 1. The number of likely N-dealkylation sites (tertiary alicyclic amines) is 1. The predicted molar refractivity (Wildman–Crippen MR) is 151 cm³/mol. The van der Waals surface area contributed by atoms with Crippen LogP contribution in [0.3, 0.4) is 0 Å². The van der Waals surface area contributed by atoms with Crippen LogP contribution < -0.4 is 14.8 Å². The topological polar surface area (TPSA) is 92.8 Å². The highest BCUT2D eigenvalue weighted by Crippen LogP contribution is 2.41. The maximum Gasteiger partial charge on any atom is 0.199 e. The number of piperidine rings is 1. The van der Waals surface area contributed by atoms with Crippen LogP contribution in [0.4, 0.5) is 11.4 Å². The highest BCUT2D eigenvalue weighted by molar-refractivity contribution is 6.31. The van der Waals surface area contributed by atoms with E-state index in [9.17, 15) is 5.26 Å². The van der Waals surface area contributed by atoms with Crippen LogP contribution in [0.2, 0.25) is 5.02 Å². The second kappa shape index (κ2) is 11.7. The molecule has 2 fully saturated rings. The maximum absolute atomic E-state index is 10.0. The first-order valence-corrected chi connectivity index (χ1v) is 14.0. The Kier molecular flexibility index (Phi) is 7.73. The summed E-state index contributed by atoms with van der Waals surface area (Å²) in [4.78, 5) is 7.06. The Labute approximate surface area is 232 Å². The van der Waals surface area contributed by atoms with Crippen molar-refractivity contribution in [2.75, 3.05) is 38.2 Å². The number of benzene rings is 2. The first-order chi connectivity index (χ1) is 19.2. The number of furan rings is 1. The zero-order valence-corrected chi connectivity index (χ0v) is 22.5. The zero-order chi connectivity index (χ0) is 26.6. The van der Waals surface area contributed by atoms with Crippen molar-refractivity contribution in [1.29, 1.82) is 5.26 Å². The summed E-state index contributed by atoms with van der Waals surface area (Å²) in [6, 6.07) is 11.5. The molecule has 2 saturated heterocycles. The first-order valence-electron chi connectivity index (χ1n) is 13.6. The van der Waals surface area contributed by atoms with E-state index in [1.807, 2.05) is 24.3 Å². The van der Waals surface area contributed by atoms with Gasteiger partial charge in [0.15, 0.2) is 6.29 Å². The van der Waals surface area contributed by atoms with Crippen molar-refractivity contribution in [3.05, 3.63) is 53.4 Å². The fourth-order valence-electron chi connectivity index (χ4n) is 5.35. The van der Waals surface area contributed by atoms with Gasteiger partial charge in [-0.1, -0.05) is 18.0 Å². The molecule has 2 aromatic heterocycles. The van der Waals surface area contributed by atoms with E-state index >= 15 is 0 Å². The van der Waals surface area contributed by atoms with Crippen molar-refractivity contribution in [2.24, 2.45) is 0 Å². The van der Waals surface area contributed by atoms with Gasteiger partial charge in [0, 0.05) is 47.8 Å². The molecule has 2 aromatic carbocycles. The Balaban J connectivity index is 1.39. The van der Waals surface area contributed by atoms with Crippen LogP contribution in [0, 0.1) is 11.3 Å². The molecular formula is C30H31ClN4O4. The number of nitriles is 1. The summed E-state index contributed by atoms with van der Waals surface area (Å²) in [7, 11) is 0. The average molecular weight is 547 g/mol. The first kappa shape index (κ1) is 25.8. The normalized spacial score (nSPS) is 18.2. The number of anilines is 2. The third-order valence-electron chi connectivity index (χ3n) is 7.34. The number of hydrogen-bond donors (Lipinski definition) is 1. The number of rotatable bonds is 8. The van der Waals surface area contributed by atoms with E-state index in [-0.39, 0.29) is 6.29 Å². The lowest BCUT2D eigenvalue weighted by Gasteiger charge is -2.26. The van der Waals surface area contributed by atoms with E-state index in [0.29, 0.717) is 57.5 Å². The molecule has 9 heteroatoms. The lowest BCUT2D eigenvalue weighted by molar-refractivity contribution is -0.105. The maximum atomic E-state index is 10.0. The van der Waals surface area contributed by atoms with Crippen molar-refractivity contribution < 1.29 is 18.6 Å². The number of fused-ring (bicyclic) bond motifs is 2. The molecule has 2 aliphatic rings. The van der Waals surface area contributed by atoms with E-state index < -0.39 is 0 Å². The molecule has 0 radical (unpaired) electrons. The van der Waals surface area contributed by atoms with Gasteiger partial charge >= 0.3 is 0 Å². The zero-order valence-electron chi connectivity index (χ0n) is 21.7. The molecule has 0 saturated carbocycles. The van der Waals surface area contributed by atoms with Crippen molar-refractivity contribution in [1.82, 2.24) is 9.88 Å². The van der Waals surface area contributed by atoms with Crippen molar-refractivity contribution in [3.8, 4) is 17.6 Å². The standard InChI is InChI=1S/C30H31ClN4O4/c31-21-14-24(23-7-12-37-26(23)15-21)34-30-20(18-32)19-33-25-16-22(36-13-10-35-8-3-1-4-9-35)17-27(29(25)30)39-28-6-2-5-11-38-28/h7,12,14-17,19,28H,1-6,8-11,13H2,(H,33,34). The molecule has 39 heavy (non-hydrogen) atoms. The molecule has 6 rings (SSSR count).